The molecule has 0 unspecified atom stereocenters. The van der Waals surface area contributed by atoms with E-state index in [1.165, 1.54) is 37.8 Å². The summed E-state index contributed by atoms with van der Waals surface area (Å²) in [6, 6.07) is 18.5. The van der Waals surface area contributed by atoms with Gasteiger partial charge in [-0.3, -0.25) is 14.6 Å². The number of carbonyl (C=O) groups is 2. The fraction of sp³-hybridized carbons (Fsp3) is 0.387. The van der Waals surface area contributed by atoms with Crippen molar-refractivity contribution in [2.45, 2.75) is 51.0 Å². The molecule has 1 spiro atoms. The zero-order valence-electron chi connectivity index (χ0n) is 21.9. The Labute approximate surface area is 223 Å². The molecule has 6 rings (SSSR count). The summed E-state index contributed by atoms with van der Waals surface area (Å²) in [5, 5.41) is 2.92. The molecule has 196 valence electrons. The first kappa shape index (κ1) is 24.5. The Morgan fingerprint density at radius 1 is 1.00 bits per heavy atom. The van der Waals surface area contributed by atoms with Crippen LogP contribution in [0.4, 0.5) is 11.4 Å². The molecule has 1 saturated heterocycles. The number of aryl methyl sites for hydroxylation is 1. The third-order valence-electron chi connectivity index (χ3n) is 8.34. The third kappa shape index (κ3) is 4.85. The number of ether oxygens (including phenoxy) is 1. The molecule has 1 saturated carbocycles. The molecule has 0 bridgehead atoms. The Morgan fingerprint density at radius 3 is 2.58 bits per heavy atom. The van der Waals surface area contributed by atoms with Gasteiger partial charge in [0.1, 0.15) is 23.2 Å². The normalized spacial score (nSPS) is 20.3. The Hall–Kier alpha value is -3.87. The smallest absolute Gasteiger partial charge is 0.270 e. The predicted octanol–water partition coefficient (Wildman–Crippen LogP) is 5.35. The Morgan fingerprint density at radius 2 is 1.79 bits per heavy atom. The van der Waals surface area contributed by atoms with Gasteiger partial charge in [-0.05, 0) is 61.6 Å². The van der Waals surface area contributed by atoms with Crippen molar-refractivity contribution in [3.63, 3.8) is 0 Å². The minimum atomic E-state index is -0.627. The van der Waals surface area contributed by atoms with Gasteiger partial charge in [0, 0.05) is 49.2 Å². The summed E-state index contributed by atoms with van der Waals surface area (Å²) in [6.45, 7) is 2.23. The quantitative estimate of drug-likeness (QED) is 0.501. The Bertz CT molecular complexity index is 1330. The number of benzene rings is 2. The first-order valence-electron chi connectivity index (χ1n) is 13.7. The van der Waals surface area contributed by atoms with Crippen LogP contribution in [0.5, 0.6) is 11.5 Å². The number of aromatic nitrogens is 1. The number of para-hydroxylation sites is 1. The van der Waals surface area contributed by atoms with Gasteiger partial charge in [0.2, 0.25) is 5.91 Å². The number of hydrogen-bond donors (Lipinski definition) is 1. The van der Waals surface area contributed by atoms with Crippen molar-refractivity contribution in [3.05, 3.63) is 78.1 Å². The van der Waals surface area contributed by atoms with E-state index < -0.39 is 6.04 Å². The van der Waals surface area contributed by atoms with Gasteiger partial charge < -0.3 is 19.9 Å². The molecule has 1 aliphatic carbocycles. The number of nitrogens with one attached hydrogen (secondary N) is 1. The van der Waals surface area contributed by atoms with Crippen molar-refractivity contribution in [2.24, 2.45) is 5.41 Å². The van der Waals surface area contributed by atoms with Crippen LogP contribution in [0.25, 0.3) is 0 Å². The molecule has 2 fully saturated rings. The summed E-state index contributed by atoms with van der Waals surface area (Å²) in [5.41, 5.74) is 3.96. The number of nitrogens with zero attached hydrogens (tertiary/aromatic N) is 3. The maximum atomic E-state index is 13.4. The van der Waals surface area contributed by atoms with E-state index in [0.717, 1.165) is 24.3 Å². The van der Waals surface area contributed by atoms with Crippen LogP contribution >= 0.6 is 0 Å². The highest BCUT2D eigenvalue weighted by molar-refractivity contribution is 6.02. The number of pyridine rings is 1. The topological polar surface area (TPSA) is 74.8 Å². The van der Waals surface area contributed by atoms with Crippen LogP contribution in [-0.4, -0.2) is 43.0 Å². The molecule has 3 aliphatic rings. The van der Waals surface area contributed by atoms with Crippen LogP contribution in [0.1, 0.15) is 54.6 Å². The number of carbonyl (C=O) groups excluding carboxylic acids is 2. The van der Waals surface area contributed by atoms with Crippen molar-refractivity contribution in [1.29, 1.82) is 0 Å². The molecular formula is C31H34N4O3. The fourth-order valence-corrected chi connectivity index (χ4v) is 6.20. The molecule has 38 heavy (non-hydrogen) atoms. The maximum absolute atomic E-state index is 13.4. The standard InChI is InChI=1S/C31H34N4O3/c1-34-28-18-23(35-20-31(21-35)15-6-3-7-16-31)12-10-22(28)11-13-26(30(34)37)33-29(36)27-19-25(14-17-32-27)38-24-8-4-2-5-9-24/h2,4-5,8-10,12,14,17-19,26H,3,6-7,11,13,15-16,20-21H2,1H3,(H,33,36)/t26-/m1/s1. The van der Waals surface area contributed by atoms with E-state index in [2.05, 4.69) is 33.4 Å². The first-order valence-corrected chi connectivity index (χ1v) is 13.7. The lowest BCUT2D eigenvalue weighted by Gasteiger charge is -2.53. The largest absolute Gasteiger partial charge is 0.457 e. The lowest BCUT2D eigenvalue weighted by Crippen LogP contribution is -2.57. The van der Waals surface area contributed by atoms with Gasteiger partial charge >= 0.3 is 0 Å². The van der Waals surface area contributed by atoms with Crippen molar-refractivity contribution in [3.8, 4) is 11.5 Å². The average molecular weight is 511 g/mol. The number of likely N-dealkylation sites (N-methyl/N-ethyl adjacent to an activating group) is 1. The number of anilines is 2. The van der Waals surface area contributed by atoms with Gasteiger partial charge in [-0.25, -0.2) is 0 Å². The summed E-state index contributed by atoms with van der Waals surface area (Å²) in [7, 11) is 1.81. The van der Waals surface area contributed by atoms with E-state index in [1.807, 2.05) is 30.3 Å². The highest BCUT2D eigenvalue weighted by atomic mass is 16.5. The van der Waals surface area contributed by atoms with Crippen LogP contribution < -0.4 is 19.9 Å². The van der Waals surface area contributed by atoms with E-state index in [0.29, 0.717) is 29.8 Å². The van der Waals surface area contributed by atoms with Crippen LogP contribution in [0.3, 0.4) is 0 Å². The molecule has 3 heterocycles. The molecule has 2 aliphatic heterocycles. The third-order valence-corrected chi connectivity index (χ3v) is 8.34. The zero-order valence-corrected chi connectivity index (χ0v) is 21.9. The van der Waals surface area contributed by atoms with E-state index in [4.69, 9.17) is 4.74 Å². The monoisotopic (exact) mass is 510 g/mol. The van der Waals surface area contributed by atoms with Crippen molar-refractivity contribution >= 4 is 23.2 Å². The van der Waals surface area contributed by atoms with E-state index in [1.54, 1.807) is 30.3 Å². The Balaban J connectivity index is 1.13. The van der Waals surface area contributed by atoms with Crippen LogP contribution in [0.2, 0.25) is 0 Å². The molecule has 1 atom stereocenters. The Kier molecular flexibility index (Phi) is 6.52. The highest BCUT2D eigenvalue weighted by Gasteiger charge is 2.43. The SMILES string of the molecule is CN1C(=O)[C@H](NC(=O)c2cc(Oc3ccccc3)ccn2)CCc2ccc(N3CC4(CCCCC4)C3)cc21. The second kappa shape index (κ2) is 10.1. The summed E-state index contributed by atoms with van der Waals surface area (Å²) in [5.74, 6) is 0.690. The van der Waals surface area contributed by atoms with Crippen LogP contribution in [0, 0.1) is 5.41 Å². The molecular weight excluding hydrogens is 476 g/mol. The van der Waals surface area contributed by atoms with Crippen molar-refractivity contribution in [2.75, 3.05) is 29.9 Å². The summed E-state index contributed by atoms with van der Waals surface area (Å²) in [6.07, 6.45) is 9.53. The first-order chi connectivity index (χ1) is 18.5. The van der Waals surface area contributed by atoms with Gasteiger partial charge in [-0.2, -0.15) is 0 Å². The number of fused-ring (bicyclic) bond motifs is 1. The van der Waals surface area contributed by atoms with Gasteiger partial charge in [0.05, 0.1) is 0 Å². The average Bonchev–Trinajstić information content (AvgIpc) is 3.04. The molecule has 1 aromatic heterocycles. The van der Waals surface area contributed by atoms with E-state index in [-0.39, 0.29) is 17.5 Å². The number of rotatable bonds is 5. The molecule has 7 heteroatoms. The molecule has 3 aromatic rings. The molecule has 7 nitrogen and oxygen atoms in total. The number of hydrogen-bond acceptors (Lipinski definition) is 5. The maximum Gasteiger partial charge on any atom is 0.270 e. The van der Waals surface area contributed by atoms with Crippen LogP contribution in [-0.2, 0) is 11.2 Å². The van der Waals surface area contributed by atoms with E-state index in [9.17, 15) is 9.59 Å². The molecule has 2 aromatic carbocycles. The lowest BCUT2D eigenvalue weighted by molar-refractivity contribution is -0.120. The summed E-state index contributed by atoms with van der Waals surface area (Å²) < 4.78 is 5.84. The summed E-state index contributed by atoms with van der Waals surface area (Å²) in [4.78, 5) is 34.9. The molecule has 1 N–H and O–H groups in total. The van der Waals surface area contributed by atoms with Crippen molar-refractivity contribution < 1.29 is 14.3 Å². The minimum absolute atomic E-state index is 0.113. The fourth-order valence-electron chi connectivity index (χ4n) is 6.20. The highest BCUT2D eigenvalue weighted by Crippen LogP contribution is 2.46. The zero-order chi connectivity index (χ0) is 26.1. The van der Waals surface area contributed by atoms with Gasteiger partial charge in [0.25, 0.3) is 5.91 Å². The second-order valence-electron chi connectivity index (χ2n) is 11.0. The number of amides is 2. The summed E-state index contributed by atoms with van der Waals surface area (Å²) >= 11 is 0. The molecule has 2 amide bonds. The predicted molar refractivity (Wildman–Crippen MR) is 148 cm³/mol. The van der Waals surface area contributed by atoms with Gasteiger partial charge in [-0.1, -0.05) is 43.5 Å². The molecule has 0 radical (unpaired) electrons. The second-order valence-corrected chi connectivity index (χ2v) is 11.0. The van der Waals surface area contributed by atoms with Gasteiger partial charge in [-0.15, -0.1) is 0 Å². The minimum Gasteiger partial charge on any atom is -0.457 e. The van der Waals surface area contributed by atoms with Gasteiger partial charge in [0.15, 0.2) is 0 Å². The van der Waals surface area contributed by atoms with Crippen LogP contribution in [0.15, 0.2) is 66.9 Å². The van der Waals surface area contributed by atoms with E-state index >= 15 is 0 Å². The lowest BCUT2D eigenvalue weighted by atomic mass is 9.68. The van der Waals surface area contributed by atoms with Crippen molar-refractivity contribution in [1.82, 2.24) is 10.3 Å².